The zero-order valence-corrected chi connectivity index (χ0v) is 13.0. The summed E-state index contributed by atoms with van der Waals surface area (Å²) >= 11 is 5.81. The number of carbonyl (C=O) groups is 1. The molecule has 4 nitrogen and oxygen atoms in total. The zero-order valence-electron chi connectivity index (χ0n) is 9.76. The molecule has 0 saturated heterocycles. The Balaban J connectivity index is 2.00. The van der Waals surface area contributed by atoms with Crippen molar-refractivity contribution >= 4 is 50.6 Å². The quantitative estimate of drug-likeness (QED) is 0.845. The van der Waals surface area contributed by atoms with Gasteiger partial charge in [0, 0.05) is 4.47 Å². The van der Waals surface area contributed by atoms with Gasteiger partial charge in [0.05, 0.1) is 10.9 Å². The molecule has 0 aliphatic carbocycles. The van der Waals surface area contributed by atoms with Crippen molar-refractivity contribution in [3.63, 3.8) is 0 Å². The van der Waals surface area contributed by atoms with Crippen LogP contribution in [0.15, 0.2) is 32.5 Å². The number of aromatic nitrogens is 2. The lowest BCUT2D eigenvalue weighted by Crippen LogP contribution is -2.22. The van der Waals surface area contributed by atoms with Crippen molar-refractivity contribution < 1.29 is 9.18 Å². The molecule has 2 rings (SSSR count). The van der Waals surface area contributed by atoms with Crippen molar-refractivity contribution in [1.29, 1.82) is 0 Å². The van der Waals surface area contributed by atoms with Crippen molar-refractivity contribution in [2.75, 3.05) is 5.32 Å². The molecule has 19 heavy (non-hydrogen) atoms. The van der Waals surface area contributed by atoms with Crippen LogP contribution in [0.25, 0.3) is 0 Å². The number of benzene rings is 1. The van der Waals surface area contributed by atoms with E-state index in [0.717, 1.165) is 0 Å². The summed E-state index contributed by atoms with van der Waals surface area (Å²) in [5, 5.41) is 9.71. The highest BCUT2D eigenvalue weighted by Gasteiger charge is 2.17. The lowest BCUT2D eigenvalue weighted by Gasteiger charge is -2.11. The standard InChI is InChI=1S/C11H9BrFN3OS2/c1-6(19-11-16-14-5-18-11)10(17)15-9-3-2-7(12)4-8(9)13/h2-6H,1H3,(H,15,17). The summed E-state index contributed by atoms with van der Waals surface area (Å²) in [5.74, 6) is -0.753. The fourth-order valence-electron chi connectivity index (χ4n) is 1.24. The van der Waals surface area contributed by atoms with Crippen molar-refractivity contribution in [3.8, 4) is 0 Å². The van der Waals surface area contributed by atoms with E-state index in [9.17, 15) is 9.18 Å². The number of hydrogen-bond donors (Lipinski definition) is 1. The van der Waals surface area contributed by atoms with Crippen molar-refractivity contribution in [2.24, 2.45) is 0 Å². The number of halogens is 2. The molecule has 0 radical (unpaired) electrons. The van der Waals surface area contributed by atoms with E-state index in [1.165, 1.54) is 35.2 Å². The van der Waals surface area contributed by atoms with Crippen molar-refractivity contribution in [3.05, 3.63) is 34.0 Å². The molecule has 0 aliphatic heterocycles. The maximum absolute atomic E-state index is 13.6. The molecule has 0 saturated carbocycles. The highest BCUT2D eigenvalue weighted by molar-refractivity contribution is 9.10. The Labute approximate surface area is 125 Å². The Bertz CT molecular complexity index is 579. The van der Waals surface area contributed by atoms with Crippen molar-refractivity contribution in [2.45, 2.75) is 16.5 Å². The number of nitrogens with zero attached hydrogens (tertiary/aromatic N) is 2. The van der Waals surface area contributed by atoms with Crippen LogP contribution in [0.2, 0.25) is 0 Å². The smallest absolute Gasteiger partial charge is 0.237 e. The van der Waals surface area contributed by atoms with E-state index < -0.39 is 5.82 Å². The number of amides is 1. The molecule has 1 amide bonds. The Morgan fingerprint density at radius 2 is 2.37 bits per heavy atom. The summed E-state index contributed by atoms with van der Waals surface area (Å²) in [4.78, 5) is 11.9. The highest BCUT2D eigenvalue weighted by Crippen LogP contribution is 2.26. The Hall–Kier alpha value is -0.990. The van der Waals surface area contributed by atoms with Gasteiger partial charge in [-0.3, -0.25) is 4.79 Å². The van der Waals surface area contributed by atoms with Crippen LogP contribution in [0.4, 0.5) is 10.1 Å². The molecule has 0 bridgehead atoms. The van der Waals surface area contributed by atoms with Gasteiger partial charge in [0.2, 0.25) is 5.91 Å². The highest BCUT2D eigenvalue weighted by atomic mass is 79.9. The molecule has 1 aromatic heterocycles. The van der Waals surface area contributed by atoms with Crippen molar-refractivity contribution in [1.82, 2.24) is 10.2 Å². The fraction of sp³-hybridized carbons (Fsp3) is 0.182. The van der Waals surface area contributed by atoms with Crippen LogP contribution in [-0.4, -0.2) is 21.4 Å². The van der Waals surface area contributed by atoms with Crippen LogP contribution < -0.4 is 5.32 Å². The SMILES string of the molecule is CC(Sc1nncs1)C(=O)Nc1ccc(Br)cc1F. The first-order valence-electron chi connectivity index (χ1n) is 5.25. The van der Waals surface area contributed by atoms with Crippen LogP contribution in [0.1, 0.15) is 6.92 Å². The molecule has 0 aliphatic rings. The second-order valence-electron chi connectivity index (χ2n) is 3.58. The minimum atomic E-state index is -0.476. The molecule has 100 valence electrons. The molecule has 8 heteroatoms. The van der Waals surface area contributed by atoms with Crippen LogP contribution >= 0.6 is 39.0 Å². The summed E-state index contributed by atoms with van der Waals surface area (Å²) in [6, 6.07) is 4.49. The lowest BCUT2D eigenvalue weighted by atomic mass is 10.3. The van der Waals surface area contributed by atoms with E-state index in [-0.39, 0.29) is 16.8 Å². The van der Waals surface area contributed by atoms with Gasteiger partial charge in [-0.05, 0) is 25.1 Å². The first-order valence-corrected chi connectivity index (χ1v) is 7.80. The summed E-state index contributed by atoms with van der Waals surface area (Å²) in [6.07, 6.45) is 0. The van der Waals surface area contributed by atoms with Gasteiger partial charge in [-0.25, -0.2) is 4.39 Å². The van der Waals surface area contributed by atoms with E-state index in [1.54, 1.807) is 18.5 Å². The number of hydrogen-bond acceptors (Lipinski definition) is 5. The van der Waals surface area contributed by atoms with Gasteiger partial charge in [0.1, 0.15) is 11.3 Å². The van der Waals surface area contributed by atoms with Gasteiger partial charge in [0.15, 0.2) is 4.34 Å². The maximum atomic E-state index is 13.6. The molecular formula is C11H9BrFN3OS2. The lowest BCUT2D eigenvalue weighted by molar-refractivity contribution is -0.115. The van der Waals surface area contributed by atoms with Crippen LogP contribution in [0.3, 0.4) is 0 Å². The van der Waals surface area contributed by atoms with Gasteiger partial charge >= 0.3 is 0 Å². The van der Waals surface area contributed by atoms with Crippen LogP contribution in [0, 0.1) is 5.82 Å². The second-order valence-corrected chi connectivity index (χ2v) is 6.91. The molecular weight excluding hydrogens is 353 g/mol. The average Bonchev–Trinajstić information content (AvgIpc) is 2.85. The molecule has 1 N–H and O–H groups in total. The maximum Gasteiger partial charge on any atom is 0.237 e. The van der Waals surface area contributed by atoms with E-state index >= 15 is 0 Å². The monoisotopic (exact) mass is 361 g/mol. The first-order chi connectivity index (χ1) is 9.06. The fourth-order valence-corrected chi connectivity index (χ4v) is 3.20. The molecule has 0 fully saturated rings. The predicted molar refractivity (Wildman–Crippen MR) is 78.0 cm³/mol. The average molecular weight is 362 g/mol. The molecule has 2 aromatic rings. The Kier molecular flexibility index (Phi) is 4.89. The van der Waals surface area contributed by atoms with Gasteiger partial charge in [-0.1, -0.05) is 39.0 Å². The second kappa shape index (κ2) is 6.44. The molecule has 0 spiro atoms. The van der Waals surface area contributed by atoms with Gasteiger partial charge in [-0.15, -0.1) is 10.2 Å². The Morgan fingerprint density at radius 1 is 1.58 bits per heavy atom. The molecule has 1 aromatic carbocycles. The number of carbonyl (C=O) groups excluding carboxylic acids is 1. The number of nitrogens with one attached hydrogen (secondary N) is 1. The number of thioether (sulfide) groups is 1. The van der Waals surface area contributed by atoms with E-state index in [4.69, 9.17) is 0 Å². The number of anilines is 1. The van der Waals surface area contributed by atoms with E-state index in [0.29, 0.717) is 8.81 Å². The predicted octanol–water partition coefficient (Wildman–Crippen LogP) is 3.56. The van der Waals surface area contributed by atoms with Crippen LogP contribution in [-0.2, 0) is 4.79 Å². The van der Waals surface area contributed by atoms with E-state index in [1.807, 2.05) is 0 Å². The third kappa shape index (κ3) is 3.99. The summed E-state index contributed by atoms with van der Waals surface area (Å²) in [5.41, 5.74) is 1.76. The zero-order chi connectivity index (χ0) is 13.8. The minimum absolute atomic E-state index is 0.165. The number of rotatable bonds is 4. The first kappa shape index (κ1) is 14.4. The largest absolute Gasteiger partial charge is 0.323 e. The summed E-state index contributed by atoms with van der Waals surface area (Å²) in [6.45, 7) is 1.73. The van der Waals surface area contributed by atoms with Gasteiger partial charge in [-0.2, -0.15) is 0 Å². The van der Waals surface area contributed by atoms with E-state index in [2.05, 4.69) is 31.4 Å². The van der Waals surface area contributed by atoms with Gasteiger partial charge < -0.3 is 5.32 Å². The van der Waals surface area contributed by atoms with Crippen LogP contribution in [0.5, 0.6) is 0 Å². The summed E-state index contributed by atoms with van der Waals surface area (Å²) in [7, 11) is 0. The molecule has 1 unspecified atom stereocenters. The van der Waals surface area contributed by atoms with Gasteiger partial charge in [0.25, 0.3) is 0 Å². The third-order valence-electron chi connectivity index (χ3n) is 2.18. The minimum Gasteiger partial charge on any atom is -0.323 e. The molecule has 1 atom stereocenters. The summed E-state index contributed by atoms with van der Waals surface area (Å²) < 4.78 is 14.9. The normalized spacial score (nSPS) is 12.2. The molecule has 1 heterocycles. The third-order valence-corrected chi connectivity index (χ3v) is 4.58. The topological polar surface area (TPSA) is 54.9 Å². The Morgan fingerprint density at radius 3 is 3.00 bits per heavy atom.